The summed E-state index contributed by atoms with van der Waals surface area (Å²) in [5, 5.41) is 0.0455. The fraction of sp³-hybridized carbons (Fsp3) is 0.529. The smallest absolute Gasteiger partial charge is 0.338 e. The van der Waals surface area contributed by atoms with Crippen LogP contribution in [0.15, 0.2) is 23.1 Å². The van der Waals surface area contributed by atoms with Crippen LogP contribution in [0.2, 0.25) is 5.02 Å². The first-order chi connectivity index (χ1) is 12.1. The van der Waals surface area contributed by atoms with Crippen molar-refractivity contribution in [3.8, 4) is 0 Å². The molecule has 1 amide bonds. The van der Waals surface area contributed by atoms with E-state index >= 15 is 0 Å². The van der Waals surface area contributed by atoms with Crippen molar-refractivity contribution >= 4 is 33.5 Å². The van der Waals surface area contributed by atoms with Crippen LogP contribution in [0.25, 0.3) is 0 Å². The number of amides is 1. The molecule has 1 heterocycles. The fourth-order valence-electron chi connectivity index (χ4n) is 2.67. The van der Waals surface area contributed by atoms with Gasteiger partial charge in [-0.15, -0.1) is 0 Å². The summed E-state index contributed by atoms with van der Waals surface area (Å²) in [6.07, 6.45) is 1.76. The number of hydrogen-bond donors (Lipinski definition) is 0. The van der Waals surface area contributed by atoms with Crippen LogP contribution in [0.1, 0.15) is 30.1 Å². The molecule has 0 radical (unpaired) electrons. The first-order valence-electron chi connectivity index (χ1n) is 8.30. The zero-order valence-electron chi connectivity index (χ0n) is 15.1. The van der Waals surface area contributed by atoms with Crippen LogP contribution in [-0.4, -0.2) is 63.3 Å². The lowest BCUT2D eigenvalue weighted by atomic mass is 10.0. The summed E-state index contributed by atoms with van der Waals surface area (Å²) in [7, 11) is -0.719. The molecule has 0 spiro atoms. The van der Waals surface area contributed by atoms with E-state index in [4.69, 9.17) is 16.3 Å². The van der Waals surface area contributed by atoms with Crippen molar-refractivity contribution in [3.05, 3.63) is 28.8 Å². The van der Waals surface area contributed by atoms with E-state index in [1.165, 1.54) is 27.4 Å². The monoisotopic (exact) mass is 402 g/mol. The molecule has 1 aromatic carbocycles. The lowest BCUT2D eigenvalue weighted by Crippen LogP contribution is -2.39. The summed E-state index contributed by atoms with van der Waals surface area (Å²) in [6.45, 7) is 2.43. The van der Waals surface area contributed by atoms with Crippen LogP contribution in [0.3, 0.4) is 0 Å². The lowest BCUT2D eigenvalue weighted by molar-refractivity contribution is -0.131. The summed E-state index contributed by atoms with van der Waals surface area (Å²) >= 11 is 6.09. The van der Waals surface area contributed by atoms with E-state index < -0.39 is 22.6 Å². The molecule has 1 atom stereocenters. The van der Waals surface area contributed by atoms with Gasteiger partial charge in [-0.3, -0.25) is 4.79 Å². The minimum absolute atomic E-state index is 0.0320. The first-order valence-corrected chi connectivity index (χ1v) is 10.1. The second-order valence-corrected chi connectivity index (χ2v) is 8.93. The molecule has 0 bridgehead atoms. The molecule has 0 N–H and O–H groups in total. The molecule has 7 nitrogen and oxygen atoms in total. The van der Waals surface area contributed by atoms with Crippen molar-refractivity contribution in [2.45, 2.75) is 24.7 Å². The van der Waals surface area contributed by atoms with E-state index in [-0.39, 0.29) is 27.3 Å². The SMILES string of the molecule is CC1CCCN(S(=O)(=O)c2cc(C(=O)OCC(=O)N(C)C)ccc2Cl)C1. The van der Waals surface area contributed by atoms with Crippen LogP contribution >= 0.6 is 11.6 Å². The molecule has 0 saturated carbocycles. The van der Waals surface area contributed by atoms with Crippen molar-refractivity contribution in [3.63, 3.8) is 0 Å². The molecule has 0 aromatic heterocycles. The average molecular weight is 403 g/mol. The van der Waals surface area contributed by atoms with E-state index in [0.29, 0.717) is 13.1 Å². The Morgan fingerprint density at radius 2 is 2.04 bits per heavy atom. The number of piperidine rings is 1. The number of hydrogen-bond acceptors (Lipinski definition) is 5. The molecule has 1 aliphatic rings. The second-order valence-electron chi connectivity index (χ2n) is 6.62. The molecule has 1 fully saturated rings. The highest BCUT2D eigenvalue weighted by molar-refractivity contribution is 7.89. The highest BCUT2D eigenvalue weighted by atomic mass is 35.5. The van der Waals surface area contributed by atoms with Gasteiger partial charge in [-0.1, -0.05) is 18.5 Å². The Labute approximate surface area is 158 Å². The molecule has 2 rings (SSSR count). The highest BCUT2D eigenvalue weighted by Gasteiger charge is 2.31. The minimum atomic E-state index is -3.81. The van der Waals surface area contributed by atoms with Crippen molar-refractivity contribution in [2.75, 3.05) is 33.8 Å². The van der Waals surface area contributed by atoms with Gasteiger partial charge in [-0.25, -0.2) is 13.2 Å². The van der Waals surface area contributed by atoms with E-state index in [1.54, 1.807) is 14.1 Å². The van der Waals surface area contributed by atoms with Gasteiger partial charge in [0.1, 0.15) is 4.90 Å². The number of sulfonamides is 1. The predicted octanol–water partition coefficient (Wildman–Crippen LogP) is 2.01. The molecule has 9 heteroatoms. The Morgan fingerprint density at radius 1 is 1.35 bits per heavy atom. The number of benzene rings is 1. The lowest BCUT2D eigenvalue weighted by Gasteiger charge is -2.30. The number of nitrogens with zero attached hydrogens (tertiary/aromatic N) is 2. The molecule has 144 valence electrons. The number of rotatable bonds is 5. The predicted molar refractivity (Wildman–Crippen MR) is 97.6 cm³/mol. The van der Waals surface area contributed by atoms with Crippen LogP contribution in [0.5, 0.6) is 0 Å². The molecular formula is C17H23ClN2O5S. The summed E-state index contributed by atoms with van der Waals surface area (Å²) in [6, 6.07) is 3.94. The summed E-state index contributed by atoms with van der Waals surface area (Å²) in [5.74, 6) is -0.884. The van der Waals surface area contributed by atoms with Crippen molar-refractivity contribution < 1.29 is 22.7 Å². The summed E-state index contributed by atoms with van der Waals surface area (Å²) in [5.41, 5.74) is 0.0320. The van der Waals surface area contributed by atoms with Gasteiger partial charge in [0.05, 0.1) is 10.6 Å². The minimum Gasteiger partial charge on any atom is -0.452 e. The molecule has 1 aliphatic heterocycles. The molecule has 1 saturated heterocycles. The van der Waals surface area contributed by atoms with E-state index in [9.17, 15) is 18.0 Å². The van der Waals surface area contributed by atoms with E-state index in [2.05, 4.69) is 0 Å². The zero-order valence-corrected chi connectivity index (χ0v) is 16.6. The normalized spacial score (nSPS) is 18.4. The quantitative estimate of drug-likeness (QED) is 0.703. The standard InChI is InChI=1S/C17H23ClN2O5S/c1-12-5-4-8-20(10-12)26(23,24)15-9-13(6-7-14(15)18)17(22)25-11-16(21)19(2)3/h6-7,9,12H,4-5,8,10-11H2,1-3H3. The topological polar surface area (TPSA) is 84.0 Å². The number of carbonyl (C=O) groups is 2. The third-order valence-electron chi connectivity index (χ3n) is 4.23. The van der Waals surface area contributed by atoms with Gasteiger partial charge < -0.3 is 9.64 Å². The van der Waals surface area contributed by atoms with E-state index in [0.717, 1.165) is 12.8 Å². The van der Waals surface area contributed by atoms with Gasteiger partial charge in [0.25, 0.3) is 5.91 Å². The molecule has 1 unspecified atom stereocenters. The maximum Gasteiger partial charge on any atom is 0.338 e. The van der Waals surface area contributed by atoms with Gasteiger partial charge in [0.15, 0.2) is 6.61 Å². The second kappa shape index (κ2) is 8.37. The Morgan fingerprint density at radius 3 is 2.65 bits per heavy atom. The maximum atomic E-state index is 12.9. The van der Waals surface area contributed by atoms with Crippen LogP contribution in [0, 0.1) is 5.92 Å². The first kappa shape index (κ1) is 20.7. The van der Waals surface area contributed by atoms with Crippen molar-refractivity contribution in [1.29, 1.82) is 0 Å². The Bertz CT molecular complexity index is 794. The third kappa shape index (κ3) is 4.75. The van der Waals surface area contributed by atoms with Gasteiger partial charge in [0, 0.05) is 27.2 Å². The van der Waals surface area contributed by atoms with Gasteiger partial charge in [0.2, 0.25) is 10.0 Å². The Hall–Kier alpha value is -1.64. The van der Waals surface area contributed by atoms with Crippen molar-refractivity contribution in [1.82, 2.24) is 9.21 Å². The highest BCUT2D eigenvalue weighted by Crippen LogP contribution is 2.29. The molecule has 26 heavy (non-hydrogen) atoms. The number of halogens is 1. The van der Waals surface area contributed by atoms with Crippen LogP contribution < -0.4 is 0 Å². The van der Waals surface area contributed by atoms with Gasteiger partial charge in [-0.05, 0) is 37.0 Å². The zero-order chi connectivity index (χ0) is 19.5. The number of ether oxygens (including phenoxy) is 1. The Balaban J connectivity index is 2.23. The number of esters is 1. The fourth-order valence-corrected chi connectivity index (χ4v) is 4.77. The molecular weight excluding hydrogens is 380 g/mol. The van der Waals surface area contributed by atoms with Gasteiger partial charge >= 0.3 is 5.97 Å². The average Bonchev–Trinajstić information content (AvgIpc) is 2.59. The molecule has 1 aromatic rings. The number of likely N-dealkylation sites (N-methyl/N-ethyl adjacent to an activating group) is 1. The Kier molecular flexibility index (Phi) is 6.65. The largest absolute Gasteiger partial charge is 0.452 e. The van der Waals surface area contributed by atoms with Gasteiger partial charge in [-0.2, -0.15) is 4.31 Å². The van der Waals surface area contributed by atoms with Crippen LogP contribution in [-0.2, 0) is 19.6 Å². The van der Waals surface area contributed by atoms with Crippen molar-refractivity contribution in [2.24, 2.45) is 5.92 Å². The molecule has 0 aliphatic carbocycles. The summed E-state index contributed by atoms with van der Waals surface area (Å²) < 4.78 is 32.2. The third-order valence-corrected chi connectivity index (χ3v) is 6.58. The number of carbonyl (C=O) groups excluding carboxylic acids is 2. The van der Waals surface area contributed by atoms with E-state index in [1.807, 2.05) is 6.92 Å². The maximum absolute atomic E-state index is 12.9. The van der Waals surface area contributed by atoms with Crippen LogP contribution in [0.4, 0.5) is 0 Å². The summed E-state index contributed by atoms with van der Waals surface area (Å²) in [4.78, 5) is 24.8.